The Balaban J connectivity index is 1.88. The van der Waals surface area contributed by atoms with Crippen LogP contribution in [0.1, 0.15) is 31.9 Å². The normalized spacial score (nSPS) is 12.4. The average Bonchev–Trinajstić information content (AvgIpc) is 3.13. The van der Waals surface area contributed by atoms with Gasteiger partial charge in [-0.05, 0) is 30.5 Å². The molecule has 0 aliphatic heterocycles. The lowest BCUT2D eigenvalue weighted by Gasteiger charge is -2.15. The van der Waals surface area contributed by atoms with Gasteiger partial charge in [0.05, 0.1) is 16.9 Å². The number of hydrogen-bond acceptors (Lipinski definition) is 3. The van der Waals surface area contributed by atoms with Gasteiger partial charge in [0.25, 0.3) is 0 Å². The van der Waals surface area contributed by atoms with Gasteiger partial charge >= 0.3 is 5.69 Å². The summed E-state index contributed by atoms with van der Waals surface area (Å²) >= 11 is 0. The van der Waals surface area contributed by atoms with E-state index in [1.165, 1.54) is 0 Å². The highest BCUT2D eigenvalue weighted by molar-refractivity contribution is 5.95. The maximum atomic E-state index is 12.4. The van der Waals surface area contributed by atoms with Crippen LogP contribution in [0.25, 0.3) is 33.4 Å². The molecule has 2 aromatic heterocycles. The molecule has 2 aromatic carbocycles. The lowest BCUT2D eigenvalue weighted by Crippen LogP contribution is -2.24. The van der Waals surface area contributed by atoms with Crippen molar-refractivity contribution in [1.82, 2.24) is 19.7 Å². The van der Waals surface area contributed by atoms with E-state index in [2.05, 4.69) is 35.1 Å². The molecular formula is C22H22N4O. The molecule has 0 radical (unpaired) electrons. The maximum absolute atomic E-state index is 12.4. The molecule has 0 aliphatic carbocycles. The molecule has 0 saturated carbocycles. The zero-order chi connectivity index (χ0) is 19.0. The summed E-state index contributed by atoms with van der Waals surface area (Å²) in [7, 11) is 1.79. The van der Waals surface area contributed by atoms with Crippen LogP contribution in [-0.4, -0.2) is 19.7 Å². The number of rotatable bonds is 4. The van der Waals surface area contributed by atoms with Gasteiger partial charge in [0.1, 0.15) is 0 Å². The number of nitrogens with one attached hydrogen (secondary N) is 1. The molecule has 5 nitrogen and oxygen atoms in total. The van der Waals surface area contributed by atoms with Crippen LogP contribution in [0.15, 0.2) is 59.4 Å². The Morgan fingerprint density at radius 3 is 2.59 bits per heavy atom. The van der Waals surface area contributed by atoms with Crippen LogP contribution in [0.2, 0.25) is 0 Å². The third kappa shape index (κ3) is 3.05. The molecular weight excluding hydrogens is 336 g/mol. The van der Waals surface area contributed by atoms with E-state index in [0.717, 1.165) is 39.8 Å². The van der Waals surface area contributed by atoms with Crippen LogP contribution < -0.4 is 5.69 Å². The maximum Gasteiger partial charge on any atom is 0.348 e. The second kappa shape index (κ2) is 6.83. The fraction of sp³-hybridized carbons (Fsp3) is 0.227. The molecule has 4 aromatic rings. The Labute approximate surface area is 157 Å². The largest absolute Gasteiger partial charge is 0.348 e. The first kappa shape index (κ1) is 17.2. The van der Waals surface area contributed by atoms with Gasteiger partial charge in [-0.25, -0.2) is 4.79 Å². The van der Waals surface area contributed by atoms with Gasteiger partial charge < -0.3 is 0 Å². The van der Waals surface area contributed by atoms with Gasteiger partial charge in [0.2, 0.25) is 0 Å². The number of hydrogen-bond donors (Lipinski definition) is 1. The van der Waals surface area contributed by atoms with Gasteiger partial charge in [-0.3, -0.25) is 9.67 Å². The highest BCUT2D eigenvalue weighted by Gasteiger charge is 2.14. The fourth-order valence-electron chi connectivity index (χ4n) is 3.38. The van der Waals surface area contributed by atoms with Crippen LogP contribution in [0.3, 0.4) is 0 Å². The van der Waals surface area contributed by atoms with Crippen molar-refractivity contribution in [3.8, 4) is 22.5 Å². The molecule has 0 saturated heterocycles. The first-order valence-corrected chi connectivity index (χ1v) is 9.20. The van der Waals surface area contributed by atoms with E-state index in [0.29, 0.717) is 11.6 Å². The molecule has 0 aliphatic rings. The van der Waals surface area contributed by atoms with E-state index in [1.807, 2.05) is 48.5 Å². The third-order valence-corrected chi connectivity index (χ3v) is 5.20. The number of benzene rings is 2. The van der Waals surface area contributed by atoms with Crippen LogP contribution in [0.4, 0.5) is 0 Å². The monoisotopic (exact) mass is 358 g/mol. The molecule has 27 heavy (non-hydrogen) atoms. The average molecular weight is 358 g/mol. The minimum Gasteiger partial charge on any atom is -0.299 e. The predicted molar refractivity (Wildman–Crippen MR) is 109 cm³/mol. The SMILES string of the molecule is CCC(C)c1cc(-c2ccc3[nH]nc(-c4ccccc4)c3c2)nc(=O)n1C. The summed E-state index contributed by atoms with van der Waals surface area (Å²) in [6.07, 6.45) is 0.968. The smallest absolute Gasteiger partial charge is 0.299 e. The number of aromatic nitrogens is 4. The Hall–Kier alpha value is -3.21. The molecule has 2 heterocycles. The second-order valence-electron chi connectivity index (χ2n) is 6.92. The molecule has 1 unspecified atom stereocenters. The molecule has 0 fully saturated rings. The summed E-state index contributed by atoms with van der Waals surface area (Å²) in [6.45, 7) is 4.25. The molecule has 1 N–H and O–H groups in total. The molecule has 0 spiro atoms. The summed E-state index contributed by atoms with van der Waals surface area (Å²) in [5.41, 5.74) is 5.32. The minimum atomic E-state index is -0.224. The van der Waals surface area contributed by atoms with Gasteiger partial charge in [0, 0.05) is 29.3 Å². The summed E-state index contributed by atoms with van der Waals surface area (Å²) in [5.74, 6) is 0.294. The van der Waals surface area contributed by atoms with Crippen molar-refractivity contribution in [1.29, 1.82) is 0 Å². The number of nitrogens with zero attached hydrogens (tertiary/aromatic N) is 3. The zero-order valence-electron chi connectivity index (χ0n) is 15.7. The first-order chi connectivity index (χ1) is 13.1. The van der Waals surface area contributed by atoms with Crippen LogP contribution in [-0.2, 0) is 7.05 Å². The van der Waals surface area contributed by atoms with Crippen LogP contribution in [0.5, 0.6) is 0 Å². The highest BCUT2D eigenvalue weighted by Crippen LogP contribution is 2.30. The van der Waals surface area contributed by atoms with Crippen molar-refractivity contribution in [3.63, 3.8) is 0 Å². The third-order valence-electron chi connectivity index (χ3n) is 5.20. The second-order valence-corrected chi connectivity index (χ2v) is 6.92. The quantitative estimate of drug-likeness (QED) is 0.584. The van der Waals surface area contributed by atoms with E-state index in [-0.39, 0.29) is 5.69 Å². The number of H-pyrrole nitrogens is 1. The Morgan fingerprint density at radius 1 is 1.07 bits per heavy atom. The van der Waals surface area contributed by atoms with Gasteiger partial charge in [0.15, 0.2) is 0 Å². The van der Waals surface area contributed by atoms with Crippen molar-refractivity contribution < 1.29 is 0 Å². The molecule has 4 rings (SSSR count). The molecule has 0 bridgehead atoms. The van der Waals surface area contributed by atoms with Crippen molar-refractivity contribution >= 4 is 10.9 Å². The van der Waals surface area contributed by atoms with Gasteiger partial charge in [-0.2, -0.15) is 10.1 Å². The topological polar surface area (TPSA) is 63.6 Å². The highest BCUT2D eigenvalue weighted by atomic mass is 16.1. The lowest BCUT2D eigenvalue weighted by molar-refractivity contribution is 0.634. The zero-order valence-corrected chi connectivity index (χ0v) is 15.7. The predicted octanol–water partition coefficient (Wildman–Crippen LogP) is 4.50. The fourth-order valence-corrected chi connectivity index (χ4v) is 3.38. The number of fused-ring (bicyclic) bond motifs is 1. The summed E-state index contributed by atoms with van der Waals surface area (Å²) in [4.78, 5) is 16.7. The van der Waals surface area contributed by atoms with Crippen molar-refractivity contribution in [2.24, 2.45) is 7.05 Å². The van der Waals surface area contributed by atoms with Crippen molar-refractivity contribution in [3.05, 3.63) is 70.8 Å². The number of aromatic amines is 1. The summed E-state index contributed by atoms with van der Waals surface area (Å²) < 4.78 is 1.64. The van der Waals surface area contributed by atoms with E-state index >= 15 is 0 Å². The molecule has 0 amide bonds. The molecule has 136 valence electrons. The Kier molecular flexibility index (Phi) is 4.36. The van der Waals surface area contributed by atoms with E-state index in [1.54, 1.807) is 11.6 Å². The van der Waals surface area contributed by atoms with Crippen molar-refractivity contribution in [2.75, 3.05) is 0 Å². The van der Waals surface area contributed by atoms with E-state index in [9.17, 15) is 4.79 Å². The minimum absolute atomic E-state index is 0.224. The van der Waals surface area contributed by atoms with Gasteiger partial charge in [-0.15, -0.1) is 0 Å². The Bertz CT molecular complexity index is 1160. The van der Waals surface area contributed by atoms with Gasteiger partial charge in [-0.1, -0.05) is 50.2 Å². The first-order valence-electron chi connectivity index (χ1n) is 9.20. The van der Waals surface area contributed by atoms with E-state index in [4.69, 9.17) is 0 Å². The Morgan fingerprint density at radius 2 is 1.85 bits per heavy atom. The molecule has 5 heteroatoms. The van der Waals surface area contributed by atoms with E-state index < -0.39 is 0 Å². The standard InChI is InChI=1S/C22H22N4O/c1-4-14(2)20-13-19(23-22(27)26(20)3)16-10-11-18-17(12-16)21(25-24-18)15-8-6-5-7-9-15/h5-14H,4H2,1-3H3,(H,24,25). The lowest BCUT2D eigenvalue weighted by atomic mass is 10.0. The van der Waals surface area contributed by atoms with Crippen molar-refractivity contribution in [2.45, 2.75) is 26.2 Å². The van der Waals surface area contributed by atoms with Crippen LogP contribution in [0, 0.1) is 0 Å². The molecule has 1 atom stereocenters. The summed E-state index contributed by atoms with van der Waals surface area (Å²) in [5, 5.41) is 8.59. The van der Waals surface area contributed by atoms with Crippen LogP contribution >= 0.6 is 0 Å². The summed E-state index contributed by atoms with van der Waals surface area (Å²) in [6, 6.07) is 18.1.